The van der Waals surface area contributed by atoms with E-state index in [4.69, 9.17) is 5.73 Å². The van der Waals surface area contributed by atoms with Crippen molar-refractivity contribution in [1.29, 1.82) is 0 Å². The van der Waals surface area contributed by atoms with Gasteiger partial charge in [-0.1, -0.05) is 25.2 Å². The van der Waals surface area contributed by atoms with Gasteiger partial charge in [0.1, 0.15) is 0 Å². The maximum atomic E-state index is 5.36. The average molecular weight is 168 g/mol. The number of nitrogens with one attached hydrogen (secondary N) is 1. The molecule has 0 aliphatic heterocycles. The van der Waals surface area contributed by atoms with Crippen LogP contribution in [0.5, 0.6) is 0 Å². The molecular formula is C10H20N2. The predicted octanol–water partition coefficient (Wildman–Crippen LogP) is 1.45. The van der Waals surface area contributed by atoms with E-state index in [9.17, 15) is 0 Å². The lowest BCUT2D eigenvalue weighted by Gasteiger charge is -2.02. The van der Waals surface area contributed by atoms with Crippen LogP contribution in [0.1, 0.15) is 20.3 Å². The number of rotatable bonds is 6. The molecule has 0 amide bonds. The second-order valence-corrected chi connectivity index (χ2v) is 2.64. The van der Waals surface area contributed by atoms with Crippen LogP contribution in [-0.4, -0.2) is 19.6 Å². The molecule has 0 saturated heterocycles. The molecule has 0 aromatic heterocycles. The summed E-state index contributed by atoms with van der Waals surface area (Å²) in [6, 6.07) is 0. The van der Waals surface area contributed by atoms with Crippen molar-refractivity contribution in [2.75, 3.05) is 19.6 Å². The second kappa shape index (κ2) is 8.50. The largest absolute Gasteiger partial charge is 0.329 e. The first-order valence-corrected chi connectivity index (χ1v) is 4.57. The summed E-state index contributed by atoms with van der Waals surface area (Å²) < 4.78 is 0. The second-order valence-electron chi connectivity index (χ2n) is 2.64. The molecule has 0 aliphatic carbocycles. The van der Waals surface area contributed by atoms with Crippen LogP contribution in [0.15, 0.2) is 23.8 Å². The molecule has 0 aliphatic rings. The summed E-state index contributed by atoms with van der Waals surface area (Å²) in [4.78, 5) is 0. The van der Waals surface area contributed by atoms with Gasteiger partial charge in [-0.15, -0.1) is 0 Å². The Kier molecular flexibility index (Phi) is 8.07. The zero-order valence-electron chi connectivity index (χ0n) is 8.14. The topological polar surface area (TPSA) is 38.0 Å². The molecule has 0 radical (unpaired) electrons. The first kappa shape index (κ1) is 11.4. The number of hydrogen-bond donors (Lipinski definition) is 2. The maximum absolute atomic E-state index is 5.36. The van der Waals surface area contributed by atoms with Crippen LogP contribution in [0.2, 0.25) is 0 Å². The van der Waals surface area contributed by atoms with E-state index in [-0.39, 0.29) is 0 Å². The van der Waals surface area contributed by atoms with Gasteiger partial charge >= 0.3 is 0 Å². The van der Waals surface area contributed by atoms with Gasteiger partial charge in [-0.05, 0) is 18.9 Å². The van der Waals surface area contributed by atoms with E-state index in [1.54, 1.807) is 0 Å². The van der Waals surface area contributed by atoms with Gasteiger partial charge in [-0.25, -0.2) is 0 Å². The fraction of sp³-hybridized carbons (Fsp3) is 0.600. The Labute approximate surface area is 75.5 Å². The van der Waals surface area contributed by atoms with Crippen molar-refractivity contribution >= 4 is 0 Å². The Bertz CT molecular complexity index is 148. The summed E-state index contributed by atoms with van der Waals surface area (Å²) in [6.07, 6.45) is 7.53. The first-order valence-electron chi connectivity index (χ1n) is 4.57. The lowest BCUT2D eigenvalue weighted by molar-refractivity contribution is 0.742. The molecular weight excluding hydrogens is 148 g/mol. The van der Waals surface area contributed by atoms with Gasteiger partial charge in [-0.2, -0.15) is 0 Å². The minimum atomic E-state index is 0.703. The highest BCUT2D eigenvalue weighted by Gasteiger charge is 1.88. The van der Waals surface area contributed by atoms with Gasteiger partial charge in [0.25, 0.3) is 0 Å². The van der Waals surface area contributed by atoms with E-state index < -0.39 is 0 Å². The van der Waals surface area contributed by atoms with Crippen molar-refractivity contribution in [3.63, 3.8) is 0 Å². The normalized spacial score (nSPS) is 12.8. The predicted molar refractivity (Wildman–Crippen MR) is 55.1 cm³/mol. The van der Waals surface area contributed by atoms with Gasteiger partial charge in [0.05, 0.1) is 0 Å². The van der Waals surface area contributed by atoms with Crippen LogP contribution in [0.3, 0.4) is 0 Å². The fourth-order valence-corrected chi connectivity index (χ4v) is 0.861. The Morgan fingerprint density at radius 2 is 2.25 bits per heavy atom. The molecule has 2 nitrogen and oxygen atoms in total. The first-order chi connectivity index (χ1) is 5.85. The molecule has 0 aromatic carbocycles. The molecule has 0 heterocycles. The summed E-state index contributed by atoms with van der Waals surface area (Å²) in [6.45, 7) is 6.70. The zero-order valence-corrected chi connectivity index (χ0v) is 8.14. The summed E-state index contributed by atoms with van der Waals surface area (Å²) >= 11 is 0. The van der Waals surface area contributed by atoms with Gasteiger partial charge in [0.2, 0.25) is 0 Å². The van der Waals surface area contributed by atoms with E-state index in [1.165, 1.54) is 5.57 Å². The van der Waals surface area contributed by atoms with Crippen LogP contribution < -0.4 is 11.1 Å². The van der Waals surface area contributed by atoms with Crippen molar-refractivity contribution in [3.05, 3.63) is 23.8 Å². The van der Waals surface area contributed by atoms with Gasteiger partial charge in [0, 0.05) is 19.6 Å². The van der Waals surface area contributed by atoms with Gasteiger partial charge < -0.3 is 11.1 Å². The van der Waals surface area contributed by atoms with E-state index in [2.05, 4.69) is 37.4 Å². The minimum absolute atomic E-state index is 0.703. The number of allylic oxidation sites excluding steroid dienone is 2. The standard InChI is InChI=1S/C10H20N2/c1-3-5-6-10(4-2)9-12-8-7-11/h4-6,12H,3,7-9,11H2,1-2H3/b6-5-,10-4+. The Morgan fingerprint density at radius 3 is 2.75 bits per heavy atom. The van der Waals surface area contributed by atoms with Crippen molar-refractivity contribution in [1.82, 2.24) is 5.32 Å². The van der Waals surface area contributed by atoms with E-state index in [0.717, 1.165) is 19.5 Å². The van der Waals surface area contributed by atoms with Crippen LogP contribution in [0, 0.1) is 0 Å². The van der Waals surface area contributed by atoms with Crippen molar-refractivity contribution < 1.29 is 0 Å². The molecule has 0 aromatic rings. The Morgan fingerprint density at radius 1 is 1.50 bits per heavy atom. The lowest BCUT2D eigenvalue weighted by Crippen LogP contribution is -2.24. The molecule has 0 unspecified atom stereocenters. The molecule has 12 heavy (non-hydrogen) atoms. The number of nitrogens with two attached hydrogens (primary N) is 1. The van der Waals surface area contributed by atoms with Crippen molar-refractivity contribution in [2.24, 2.45) is 5.73 Å². The quantitative estimate of drug-likeness (QED) is 0.465. The van der Waals surface area contributed by atoms with Crippen molar-refractivity contribution in [3.8, 4) is 0 Å². The van der Waals surface area contributed by atoms with Crippen LogP contribution in [0.25, 0.3) is 0 Å². The fourth-order valence-electron chi connectivity index (χ4n) is 0.861. The number of hydrogen-bond acceptors (Lipinski definition) is 2. The van der Waals surface area contributed by atoms with E-state index in [1.807, 2.05) is 0 Å². The molecule has 3 N–H and O–H groups in total. The Balaban J connectivity index is 3.62. The molecule has 0 fully saturated rings. The molecule has 0 saturated carbocycles. The third-order valence-electron chi connectivity index (χ3n) is 1.59. The minimum Gasteiger partial charge on any atom is -0.329 e. The zero-order chi connectivity index (χ0) is 9.23. The van der Waals surface area contributed by atoms with Crippen LogP contribution >= 0.6 is 0 Å². The summed E-state index contributed by atoms with van der Waals surface area (Å²) in [5.41, 5.74) is 6.68. The Hall–Kier alpha value is -0.600. The lowest BCUT2D eigenvalue weighted by atomic mass is 10.2. The highest BCUT2D eigenvalue weighted by atomic mass is 14.9. The van der Waals surface area contributed by atoms with Crippen LogP contribution in [0.4, 0.5) is 0 Å². The molecule has 70 valence electrons. The summed E-state index contributed by atoms with van der Waals surface area (Å²) in [7, 11) is 0. The van der Waals surface area contributed by atoms with Gasteiger partial charge in [0.15, 0.2) is 0 Å². The van der Waals surface area contributed by atoms with Gasteiger partial charge in [-0.3, -0.25) is 0 Å². The van der Waals surface area contributed by atoms with E-state index in [0.29, 0.717) is 6.54 Å². The van der Waals surface area contributed by atoms with Crippen LogP contribution in [-0.2, 0) is 0 Å². The molecule has 0 spiro atoms. The molecule has 0 rings (SSSR count). The monoisotopic (exact) mass is 168 g/mol. The maximum Gasteiger partial charge on any atom is 0.0202 e. The highest BCUT2D eigenvalue weighted by Crippen LogP contribution is 1.95. The summed E-state index contributed by atoms with van der Waals surface area (Å²) in [5.74, 6) is 0. The third kappa shape index (κ3) is 6.13. The third-order valence-corrected chi connectivity index (χ3v) is 1.59. The molecule has 0 atom stereocenters. The van der Waals surface area contributed by atoms with Crippen molar-refractivity contribution in [2.45, 2.75) is 20.3 Å². The highest BCUT2D eigenvalue weighted by molar-refractivity contribution is 5.19. The molecule has 2 heteroatoms. The SMILES string of the molecule is C/C=C(\C=C/CC)CNCCN. The summed E-state index contributed by atoms with van der Waals surface area (Å²) in [5, 5.41) is 3.25. The average Bonchev–Trinajstić information content (AvgIpc) is 2.11. The van der Waals surface area contributed by atoms with E-state index >= 15 is 0 Å². The smallest absolute Gasteiger partial charge is 0.0202 e. The molecule has 0 bridgehead atoms.